The normalized spacial score (nSPS) is 11.2. The number of nitrogens with zero attached hydrogens (tertiary/aromatic N) is 2. The van der Waals surface area contributed by atoms with Gasteiger partial charge in [0.1, 0.15) is 10.6 Å². The first-order chi connectivity index (χ1) is 9.65. The number of hydrogen-bond donors (Lipinski definition) is 1. The second-order valence-corrected chi connectivity index (χ2v) is 5.72. The fourth-order valence-electron chi connectivity index (χ4n) is 2.08. The average molecular weight is 285 g/mol. The maximum absolute atomic E-state index is 6.00. The summed E-state index contributed by atoms with van der Waals surface area (Å²) in [5.41, 5.74) is 6.89. The van der Waals surface area contributed by atoms with Crippen molar-refractivity contribution < 1.29 is 4.74 Å². The number of rotatable bonds is 3. The summed E-state index contributed by atoms with van der Waals surface area (Å²) >= 11 is 1.53. The minimum Gasteiger partial charge on any atom is -0.438 e. The molecule has 5 heteroatoms. The Hall–Kier alpha value is -2.14. The zero-order valence-corrected chi connectivity index (χ0v) is 12.1. The van der Waals surface area contributed by atoms with E-state index in [9.17, 15) is 0 Å². The lowest BCUT2D eigenvalue weighted by atomic mass is 10.0. The van der Waals surface area contributed by atoms with Crippen LogP contribution in [0.25, 0.3) is 10.2 Å². The van der Waals surface area contributed by atoms with E-state index in [1.807, 2.05) is 29.6 Å². The van der Waals surface area contributed by atoms with Crippen molar-refractivity contribution in [2.75, 3.05) is 5.73 Å². The van der Waals surface area contributed by atoms with Gasteiger partial charge in [-0.3, -0.25) is 0 Å². The fourth-order valence-corrected chi connectivity index (χ4v) is 2.84. The summed E-state index contributed by atoms with van der Waals surface area (Å²) in [4.78, 5) is 9.26. The first-order valence-electron chi connectivity index (χ1n) is 6.42. The molecule has 4 nitrogen and oxygen atoms in total. The number of nitrogen functional groups attached to an aromatic ring is 1. The third-order valence-electron chi connectivity index (χ3n) is 3.06. The molecule has 0 spiro atoms. The third kappa shape index (κ3) is 2.32. The van der Waals surface area contributed by atoms with Crippen LogP contribution in [0.2, 0.25) is 0 Å². The number of benzene rings is 1. The minimum absolute atomic E-state index is 0.233. The Kier molecular flexibility index (Phi) is 3.28. The van der Waals surface area contributed by atoms with Gasteiger partial charge in [-0.1, -0.05) is 32.0 Å². The summed E-state index contributed by atoms with van der Waals surface area (Å²) < 4.78 is 6.00. The van der Waals surface area contributed by atoms with Crippen LogP contribution in [0.4, 0.5) is 5.95 Å². The molecule has 0 aliphatic carbocycles. The highest BCUT2D eigenvalue weighted by atomic mass is 32.1. The molecular formula is C15H15N3OS. The van der Waals surface area contributed by atoms with Crippen LogP contribution in [0.3, 0.4) is 0 Å². The molecule has 1 aromatic carbocycles. The molecule has 2 N–H and O–H groups in total. The molecule has 102 valence electrons. The molecule has 20 heavy (non-hydrogen) atoms. The molecule has 0 atom stereocenters. The van der Waals surface area contributed by atoms with E-state index in [4.69, 9.17) is 10.5 Å². The quantitative estimate of drug-likeness (QED) is 0.783. The standard InChI is InChI=1S/C15H15N3OS/c1-9(2)10-5-3-4-6-12(10)19-13-11-7-8-20-14(11)18-15(16)17-13/h3-9H,1-2H3,(H2,16,17,18). The highest BCUT2D eigenvalue weighted by Crippen LogP contribution is 2.34. The zero-order chi connectivity index (χ0) is 14.1. The minimum atomic E-state index is 0.233. The van der Waals surface area contributed by atoms with Gasteiger partial charge < -0.3 is 10.5 Å². The fraction of sp³-hybridized carbons (Fsp3) is 0.200. The van der Waals surface area contributed by atoms with Crippen LogP contribution in [-0.2, 0) is 0 Å². The van der Waals surface area contributed by atoms with Gasteiger partial charge in [0.2, 0.25) is 11.8 Å². The summed E-state index contributed by atoms with van der Waals surface area (Å²) in [6.45, 7) is 4.27. The van der Waals surface area contributed by atoms with E-state index in [0.29, 0.717) is 11.8 Å². The van der Waals surface area contributed by atoms with Crippen molar-refractivity contribution in [1.82, 2.24) is 9.97 Å². The van der Waals surface area contributed by atoms with Crippen LogP contribution in [0.1, 0.15) is 25.3 Å². The Morgan fingerprint density at radius 1 is 1.15 bits per heavy atom. The molecule has 0 unspecified atom stereocenters. The Labute approximate surface area is 121 Å². The van der Waals surface area contributed by atoms with Crippen LogP contribution < -0.4 is 10.5 Å². The van der Waals surface area contributed by atoms with Crippen molar-refractivity contribution in [3.63, 3.8) is 0 Å². The van der Waals surface area contributed by atoms with E-state index in [1.165, 1.54) is 11.3 Å². The maximum Gasteiger partial charge on any atom is 0.232 e. The van der Waals surface area contributed by atoms with Crippen molar-refractivity contribution in [3.05, 3.63) is 41.3 Å². The molecule has 2 heterocycles. The van der Waals surface area contributed by atoms with Gasteiger partial charge in [-0.15, -0.1) is 11.3 Å². The average Bonchev–Trinajstić information content (AvgIpc) is 2.87. The van der Waals surface area contributed by atoms with Crippen LogP contribution in [0.5, 0.6) is 11.6 Å². The van der Waals surface area contributed by atoms with E-state index in [0.717, 1.165) is 21.5 Å². The lowest BCUT2D eigenvalue weighted by Gasteiger charge is -2.13. The van der Waals surface area contributed by atoms with Gasteiger partial charge in [0.15, 0.2) is 0 Å². The molecule has 0 radical (unpaired) electrons. The Morgan fingerprint density at radius 2 is 1.95 bits per heavy atom. The van der Waals surface area contributed by atoms with Crippen molar-refractivity contribution >= 4 is 27.5 Å². The Balaban J connectivity index is 2.08. The van der Waals surface area contributed by atoms with Crippen LogP contribution in [0, 0.1) is 0 Å². The number of hydrogen-bond acceptors (Lipinski definition) is 5. The van der Waals surface area contributed by atoms with E-state index < -0.39 is 0 Å². The molecule has 0 bridgehead atoms. The first-order valence-corrected chi connectivity index (χ1v) is 7.30. The molecule has 3 rings (SSSR count). The summed E-state index contributed by atoms with van der Waals surface area (Å²) in [6, 6.07) is 9.93. The zero-order valence-electron chi connectivity index (χ0n) is 11.3. The number of fused-ring (bicyclic) bond motifs is 1. The molecule has 0 saturated carbocycles. The molecule has 2 aromatic heterocycles. The largest absolute Gasteiger partial charge is 0.438 e. The van der Waals surface area contributed by atoms with Gasteiger partial charge in [-0.25, -0.2) is 4.98 Å². The van der Waals surface area contributed by atoms with Crippen molar-refractivity contribution in [2.24, 2.45) is 0 Å². The number of thiophene rings is 1. The Bertz CT molecular complexity index is 752. The summed E-state index contributed by atoms with van der Waals surface area (Å²) in [6.07, 6.45) is 0. The molecule has 0 fully saturated rings. The number of nitrogens with two attached hydrogens (primary N) is 1. The molecular weight excluding hydrogens is 270 g/mol. The van der Waals surface area contributed by atoms with Crippen LogP contribution >= 0.6 is 11.3 Å². The second kappa shape index (κ2) is 5.09. The van der Waals surface area contributed by atoms with Gasteiger partial charge in [0.25, 0.3) is 0 Å². The van der Waals surface area contributed by atoms with Crippen molar-refractivity contribution in [2.45, 2.75) is 19.8 Å². The van der Waals surface area contributed by atoms with E-state index >= 15 is 0 Å². The maximum atomic E-state index is 6.00. The van der Waals surface area contributed by atoms with Gasteiger partial charge in [-0.05, 0) is 29.0 Å². The highest BCUT2D eigenvalue weighted by Gasteiger charge is 2.13. The van der Waals surface area contributed by atoms with Gasteiger partial charge in [0, 0.05) is 0 Å². The molecule has 0 aliphatic heterocycles. The van der Waals surface area contributed by atoms with E-state index in [2.05, 4.69) is 29.9 Å². The van der Waals surface area contributed by atoms with Gasteiger partial charge in [0.05, 0.1) is 5.39 Å². The van der Waals surface area contributed by atoms with E-state index in [1.54, 1.807) is 0 Å². The number of ether oxygens (including phenoxy) is 1. The predicted octanol–water partition coefficient (Wildman–Crippen LogP) is 4.19. The van der Waals surface area contributed by atoms with Gasteiger partial charge in [-0.2, -0.15) is 4.98 Å². The molecule has 0 saturated heterocycles. The first kappa shape index (κ1) is 12.9. The van der Waals surface area contributed by atoms with Crippen molar-refractivity contribution in [1.29, 1.82) is 0 Å². The monoisotopic (exact) mass is 285 g/mol. The van der Waals surface area contributed by atoms with Crippen molar-refractivity contribution in [3.8, 4) is 11.6 Å². The second-order valence-electron chi connectivity index (χ2n) is 4.82. The lowest BCUT2D eigenvalue weighted by molar-refractivity contribution is 0.460. The topological polar surface area (TPSA) is 61.0 Å². The third-order valence-corrected chi connectivity index (χ3v) is 3.86. The summed E-state index contributed by atoms with van der Waals surface area (Å²) in [5.74, 6) is 1.94. The molecule has 3 aromatic rings. The predicted molar refractivity (Wildman–Crippen MR) is 82.4 cm³/mol. The summed E-state index contributed by atoms with van der Waals surface area (Å²) in [5, 5.41) is 2.85. The number of anilines is 1. The van der Waals surface area contributed by atoms with Crippen LogP contribution in [0.15, 0.2) is 35.7 Å². The van der Waals surface area contributed by atoms with Gasteiger partial charge >= 0.3 is 0 Å². The van der Waals surface area contributed by atoms with Crippen LogP contribution in [-0.4, -0.2) is 9.97 Å². The SMILES string of the molecule is CC(C)c1ccccc1Oc1nc(N)nc2sccc12. The number of aromatic nitrogens is 2. The smallest absolute Gasteiger partial charge is 0.232 e. The lowest BCUT2D eigenvalue weighted by Crippen LogP contribution is -1.99. The molecule has 0 amide bonds. The molecule has 0 aliphatic rings. The Morgan fingerprint density at radius 3 is 2.75 bits per heavy atom. The van der Waals surface area contributed by atoms with E-state index in [-0.39, 0.29) is 5.95 Å². The summed E-state index contributed by atoms with van der Waals surface area (Å²) in [7, 11) is 0. The highest BCUT2D eigenvalue weighted by molar-refractivity contribution is 7.16. The number of para-hydroxylation sites is 1.